The maximum absolute atomic E-state index is 12.3. The van der Waals surface area contributed by atoms with E-state index in [1.807, 2.05) is 0 Å². The zero-order chi connectivity index (χ0) is 14.5. The Hall–Kier alpha value is -1.23. The highest BCUT2D eigenvalue weighted by Gasteiger charge is 2.12. The van der Waals surface area contributed by atoms with Crippen LogP contribution in [0.3, 0.4) is 0 Å². The fraction of sp³-hybridized carbons (Fsp3) is 0.357. The van der Waals surface area contributed by atoms with E-state index in [0.29, 0.717) is 8.71 Å². The van der Waals surface area contributed by atoms with Crippen LogP contribution in [0.15, 0.2) is 44.3 Å². The molecule has 0 N–H and O–H groups in total. The number of hydrogen-bond donors (Lipinski definition) is 0. The summed E-state index contributed by atoms with van der Waals surface area (Å²) >= 11 is 3.31. The SMILES string of the molecule is O=[N+]([O-])c1ccc(S(=O)C(Br)=C=C2CCCCC2)cc1. The number of non-ortho nitro benzene ring substituents is 1. The quantitative estimate of drug-likeness (QED) is 0.457. The van der Waals surface area contributed by atoms with Crippen LogP contribution in [0, 0.1) is 10.1 Å². The van der Waals surface area contributed by atoms with Crippen LogP contribution in [0.5, 0.6) is 0 Å². The highest BCUT2D eigenvalue weighted by Crippen LogP contribution is 2.26. The lowest BCUT2D eigenvalue weighted by Crippen LogP contribution is -1.94. The van der Waals surface area contributed by atoms with Crippen molar-refractivity contribution in [2.45, 2.75) is 37.0 Å². The average molecular weight is 356 g/mol. The van der Waals surface area contributed by atoms with Crippen LogP contribution < -0.4 is 0 Å². The lowest BCUT2D eigenvalue weighted by atomic mass is 9.96. The molecular formula is C14H14BrNO3S. The highest BCUT2D eigenvalue weighted by molar-refractivity contribution is 9.13. The molecule has 0 saturated heterocycles. The molecule has 4 nitrogen and oxygen atoms in total. The Balaban J connectivity index is 2.21. The first-order chi connectivity index (χ1) is 9.58. The van der Waals surface area contributed by atoms with Gasteiger partial charge in [-0.25, -0.2) is 4.21 Å². The second-order valence-corrected chi connectivity index (χ2v) is 7.32. The molecule has 0 aromatic heterocycles. The van der Waals surface area contributed by atoms with Crippen LogP contribution in [-0.2, 0) is 10.8 Å². The van der Waals surface area contributed by atoms with Crippen LogP contribution in [0.2, 0.25) is 0 Å². The second kappa shape index (κ2) is 6.97. The van der Waals surface area contributed by atoms with Crippen LogP contribution in [0.4, 0.5) is 5.69 Å². The van der Waals surface area contributed by atoms with Crippen molar-refractivity contribution in [1.29, 1.82) is 0 Å². The monoisotopic (exact) mass is 355 g/mol. The van der Waals surface area contributed by atoms with Crippen molar-refractivity contribution in [1.82, 2.24) is 0 Å². The number of halogens is 1. The Morgan fingerprint density at radius 1 is 1.20 bits per heavy atom. The predicted molar refractivity (Wildman–Crippen MR) is 82.1 cm³/mol. The summed E-state index contributed by atoms with van der Waals surface area (Å²) in [5.41, 5.74) is 4.36. The van der Waals surface area contributed by atoms with Crippen LogP contribution in [0.25, 0.3) is 0 Å². The molecule has 1 aromatic rings. The zero-order valence-electron chi connectivity index (χ0n) is 10.8. The first-order valence-electron chi connectivity index (χ1n) is 6.38. The Morgan fingerprint density at radius 3 is 2.35 bits per heavy atom. The highest BCUT2D eigenvalue weighted by atomic mass is 79.9. The molecule has 20 heavy (non-hydrogen) atoms. The van der Waals surface area contributed by atoms with E-state index >= 15 is 0 Å². The van der Waals surface area contributed by atoms with E-state index in [1.165, 1.54) is 36.3 Å². The van der Waals surface area contributed by atoms with Gasteiger partial charge in [-0.05, 0) is 59.3 Å². The maximum Gasteiger partial charge on any atom is 0.269 e. The fourth-order valence-electron chi connectivity index (χ4n) is 2.08. The third kappa shape index (κ3) is 3.88. The van der Waals surface area contributed by atoms with Gasteiger partial charge in [-0.3, -0.25) is 10.1 Å². The van der Waals surface area contributed by atoms with Crippen molar-refractivity contribution in [2.75, 3.05) is 0 Å². The zero-order valence-corrected chi connectivity index (χ0v) is 13.2. The molecule has 0 bridgehead atoms. The van der Waals surface area contributed by atoms with Gasteiger partial charge in [0, 0.05) is 17.0 Å². The van der Waals surface area contributed by atoms with Gasteiger partial charge in [0.1, 0.15) is 14.6 Å². The summed E-state index contributed by atoms with van der Waals surface area (Å²) in [5.74, 6) is 0. The van der Waals surface area contributed by atoms with Gasteiger partial charge >= 0.3 is 0 Å². The largest absolute Gasteiger partial charge is 0.269 e. The van der Waals surface area contributed by atoms with E-state index in [-0.39, 0.29) is 5.69 Å². The number of nitro groups is 1. The van der Waals surface area contributed by atoms with E-state index in [2.05, 4.69) is 21.7 Å². The summed E-state index contributed by atoms with van der Waals surface area (Å²) in [6.45, 7) is 0. The van der Waals surface area contributed by atoms with Gasteiger partial charge in [0.15, 0.2) is 0 Å². The Labute approximate surface area is 128 Å². The molecular weight excluding hydrogens is 342 g/mol. The normalized spacial score (nSPS) is 16.4. The molecule has 1 saturated carbocycles. The molecule has 1 unspecified atom stereocenters. The third-order valence-corrected chi connectivity index (χ3v) is 5.36. The van der Waals surface area contributed by atoms with Crippen molar-refractivity contribution in [3.63, 3.8) is 0 Å². The molecule has 1 aromatic carbocycles. The van der Waals surface area contributed by atoms with Crippen molar-refractivity contribution in [3.05, 3.63) is 49.5 Å². The average Bonchev–Trinajstić information content (AvgIpc) is 2.47. The van der Waals surface area contributed by atoms with Crippen molar-refractivity contribution < 1.29 is 9.13 Å². The molecule has 1 aliphatic rings. The first kappa shape index (κ1) is 15.2. The third-order valence-electron chi connectivity index (χ3n) is 3.16. The standard InChI is InChI=1S/C14H14BrNO3S/c15-14(10-11-4-2-1-3-5-11)20(19)13-8-6-12(7-9-13)16(17)18/h6-9H,1-5H2. The summed E-state index contributed by atoms with van der Waals surface area (Å²) in [6, 6.07) is 5.76. The molecule has 1 fully saturated rings. The van der Waals surface area contributed by atoms with Crippen LogP contribution >= 0.6 is 15.9 Å². The number of rotatable bonds is 3. The molecule has 0 radical (unpaired) electrons. The van der Waals surface area contributed by atoms with E-state index in [9.17, 15) is 14.3 Å². The summed E-state index contributed by atoms with van der Waals surface area (Å²) in [5, 5.41) is 10.6. The van der Waals surface area contributed by atoms with Crippen LogP contribution in [-0.4, -0.2) is 9.13 Å². The molecule has 0 amide bonds. The van der Waals surface area contributed by atoms with Gasteiger partial charge in [-0.1, -0.05) is 12.2 Å². The van der Waals surface area contributed by atoms with Gasteiger partial charge in [0.05, 0.1) is 4.92 Å². The van der Waals surface area contributed by atoms with E-state index in [4.69, 9.17) is 0 Å². The van der Waals surface area contributed by atoms with Crippen molar-refractivity contribution in [2.24, 2.45) is 0 Å². The van der Waals surface area contributed by atoms with Gasteiger partial charge in [-0.15, -0.1) is 0 Å². The smallest absolute Gasteiger partial charge is 0.258 e. The van der Waals surface area contributed by atoms with Gasteiger partial charge in [0.25, 0.3) is 5.69 Å². The fourth-order valence-corrected chi connectivity index (χ4v) is 3.75. The number of allylic oxidation sites excluding steroid dienone is 1. The molecule has 1 aliphatic carbocycles. The molecule has 106 valence electrons. The minimum absolute atomic E-state index is 0.00325. The topological polar surface area (TPSA) is 60.2 Å². The molecule has 6 heteroatoms. The molecule has 0 aliphatic heterocycles. The lowest BCUT2D eigenvalue weighted by Gasteiger charge is -2.10. The predicted octanol–water partition coefficient (Wildman–Crippen LogP) is 4.43. The van der Waals surface area contributed by atoms with Gasteiger partial charge < -0.3 is 0 Å². The van der Waals surface area contributed by atoms with Gasteiger partial charge in [0.2, 0.25) is 0 Å². The number of hydrogen-bond acceptors (Lipinski definition) is 3. The maximum atomic E-state index is 12.3. The van der Waals surface area contributed by atoms with E-state index < -0.39 is 15.7 Å². The van der Waals surface area contributed by atoms with Crippen molar-refractivity contribution >= 4 is 32.4 Å². The molecule has 0 spiro atoms. The molecule has 1 atom stereocenters. The number of benzene rings is 1. The minimum Gasteiger partial charge on any atom is -0.258 e. The van der Waals surface area contributed by atoms with Gasteiger partial charge in [-0.2, -0.15) is 0 Å². The Morgan fingerprint density at radius 2 is 1.80 bits per heavy atom. The second-order valence-electron chi connectivity index (χ2n) is 4.58. The Bertz CT molecular complexity index is 595. The summed E-state index contributed by atoms with van der Waals surface area (Å²) in [4.78, 5) is 10.6. The lowest BCUT2D eigenvalue weighted by molar-refractivity contribution is -0.384. The molecule has 2 rings (SSSR count). The summed E-state index contributed by atoms with van der Waals surface area (Å²) in [6.07, 6.45) is 5.58. The van der Waals surface area contributed by atoms with E-state index in [1.54, 1.807) is 0 Å². The Kier molecular flexibility index (Phi) is 5.29. The first-order valence-corrected chi connectivity index (χ1v) is 8.32. The summed E-state index contributed by atoms with van der Waals surface area (Å²) in [7, 11) is -1.37. The van der Waals surface area contributed by atoms with Crippen molar-refractivity contribution in [3.8, 4) is 0 Å². The minimum atomic E-state index is -1.37. The molecule has 0 heterocycles. The van der Waals surface area contributed by atoms with E-state index in [0.717, 1.165) is 25.7 Å². The number of nitrogens with zero attached hydrogens (tertiary/aromatic N) is 1. The van der Waals surface area contributed by atoms with Crippen LogP contribution in [0.1, 0.15) is 32.1 Å². The number of nitro benzene ring substituents is 1. The summed E-state index contributed by atoms with van der Waals surface area (Å²) < 4.78 is 12.8.